The van der Waals surface area contributed by atoms with Gasteiger partial charge in [-0.05, 0) is 60.7 Å². The normalized spacial score (nSPS) is 10.1. The Balaban J connectivity index is 0.000000403. The SMILES string of the molecule is NCCN.O=C([O-])C(c1ccccc1O)c1ccccc1O.O=C([O-])C(c1ccccc1O)c1ccccc1O.O=C([O-])C(c1ccccc1O)c1ccccc1O.O=C([O-])C(c1ccccc1O)c1ccccc1O.O=C([O-])C(c1ccccc1O)c1ccccc1O.[Cu+2].[Cu+2].[Na+]. The van der Waals surface area contributed by atoms with Crippen LogP contribution in [0, 0.1) is 0 Å². The maximum atomic E-state index is 11.3. The van der Waals surface area contributed by atoms with Crippen LogP contribution < -0.4 is 66.6 Å². The van der Waals surface area contributed by atoms with Gasteiger partial charge in [-0.1, -0.05) is 182 Å². The predicted octanol–water partition coefficient (Wildman–Crippen LogP) is 0.801. The van der Waals surface area contributed by atoms with Crippen molar-refractivity contribution >= 4 is 29.8 Å². The summed E-state index contributed by atoms with van der Waals surface area (Å²) in [6, 6.07) is 60.9. The van der Waals surface area contributed by atoms with Crippen molar-refractivity contribution in [1.82, 2.24) is 0 Å². The summed E-state index contributed by atoms with van der Waals surface area (Å²) in [5.41, 5.74) is 11.7. The van der Waals surface area contributed by atoms with Gasteiger partial charge in [0.1, 0.15) is 57.5 Å². The van der Waals surface area contributed by atoms with E-state index in [0.717, 1.165) is 0 Å². The molecular weight excluding hydrogens is 1360 g/mol. The summed E-state index contributed by atoms with van der Waals surface area (Å²) in [4.78, 5) is 56.4. The second kappa shape index (κ2) is 41.4. The summed E-state index contributed by atoms with van der Waals surface area (Å²) in [5.74, 6) is -14.3. The molecule has 0 aliphatic heterocycles. The van der Waals surface area contributed by atoms with E-state index < -0.39 is 59.4 Å². The van der Waals surface area contributed by atoms with E-state index in [0.29, 0.717) is 13.1 Å². The average molecular weight is 1430 g/mol. The molecule has 0 unspecified atom stereocenters. The van der Waals surface area contributed by atoms with Crippen molar-refractivity contribution in [2.75, 3.05) is 13.1 Å². The van der Waals surface area contributed by atoms with E-state index >= 15 is 0 Å². The Kier molecular flexibility index (Phi) is 35.2. The third kappa shape index (κ3) is 23.1. The number of para-hydroxylation sites is 10. The third-order valence-corrected chi connectivity index (χ3v) is 13.8. The standard InChI is InChI=1S/5C14H12O4.C2H8N2.2Cu.Na/c5*15-11-7-3-1-5-9(11)13(14(17)18)10-6-2-4-8-12(10)16;3-1-2-4;;;/h5*1-8,13,15-16H,(H,17,18);1-4H2;;;/q;;;;;;2*+2;+1/p-5. The van der Waals surface area contributed by atoms with Crippen molar-refractivity contribution in [2.45, 2.75) is 29.6 Å². The summed E-state index contributed by atoms with van der Waals surface area (Å²) in [5, 5.41) is 153. The molecular formula is C72H63Cu2N2NaO20. The first kappa shape index (κ1) is 82.6. The van der Waals surface area contributed by atoms with Crippen molar-refractivity contribution < 1.29 is 164 Å². The van der Waals surface area contributed by atoms with E-state index in [1.165, 1.54) is 121 Å². The molecule has 0 atom stereocenters. The molecule has 0 saturated carbocycles. The van der Waals surface area contributed by atoms with Gasteiger partial charge in [0.15, 0.2) is 0 Å². The van der Waals surface area contributed by atoms with Gasteiger partial charge >= 0.3 is 63.7 Å². The molecule has 504 valence electrons. The quantitative estimate of drug-likeness (QED) is 0.0595. The van der Waals surface area contributed by atoms with E-state index in [-0.39, 0.29) is 177 Å². The maximum absolute atomic E-state index is 11.3. The summed E-state index contributed by atoms with van der Waals surface area (Å²) >= 11 is 0. The van der Waals surface area contributed by atoms with Crippen molar-refractivity contribution in [3.8, 4) is 57.5 Å². The zero-order valence-corrected chi connectivity index (χ0v) is 55.1. The number of aromatic hydroxyl groups is 10. The maximum Gasteiger partial charge on any atom is 2.00 e. The molecule has 25 heteroatoms. The number of hydrogen-bond acceptors (Lipinski definition) is 22. The number of rotatable bonds is 16. The molecule has 10 aromatic carbocycles. The summed E-state index contributed by atoms with van der Waals surface area (Å²) in [6.45, 7) is 1.19. The van der Waals surface area contributed by atoms with E-state index in [1.54, 1.807) is 121 Å². The number of hydrogen-bond donors (Lipinski definition) is 12. The number of phenolic OH excluding ortho intramolecular Hbond substituents is 10. The first-order valence-electron chi connectivity index (χ1n) is 28.2. The van der Waals surface area contributed by atoms with E-state index in [4.69, 9.17) is 11.5 Å². The van der Waals surface area contributed by atoms with Crippen molar-refractivity contribution in [3.05, 3.63) is 298 Å². The minimum atomic E-state index is -1.38. The van der Waals surface area contributed by atoms with Crippen LogP contribution in [0.1, 0.15) is 85.2 Å². The minimum Gasteiger partial charge on any atom is -0.549 e. The van der Waals surface area contributed by atoms with Crippen LogP contribution >= 0.6 is 0 Å². The number of phenols is 10. The Hall–Kier alpha value is -10.5. The number of aliphatic carboxylic acids is 5. The van der Waals surface area contributed by atoms with Gasteiger partial charge in [0.05, 0.1) is 59.4 Å². The molecule has 0 aliphatic rings. The van der Waals surface area contributed by atoms with Gasteiger partial charge in [-0.2, -0.15) is 0 Å². The Morgan fingerprint density at radius 2 is 0.309 bits per heavy atom. The number of carboxylic acids is 5. The second-order valence-corrected chi connectivity index (χ2v) is 19.9. The Labute approximate surface area is 599 Å². The second-order valence-electron chi connectivity index (χ2n) is 19.9. The van der Waals surface area contributed by atoms with Crippen LogP contribution in [0.3, 0.4) is 0 Å². The van der Waals surface area contributed by atoms with Crippen LogP contribution in [0.25, 0.3) is 0 Å². The van der Waals surface area contributed by atoms with Gasteiger partial charge < -0.3 is 112 Å². The zero-order valence-electron chi connectivity index (χ0n) is 51.2. The van der Waals surface area contributed by atoms with E-state index in [1.807, 2.05) is 0 Å². The van der Waals surface area contributed by atoms with Crippen LogP contribution in [0.5, 0.6) is 57.5 Å². The van der Waals surface area contributed by atoms with Crippen molar-refractivity contribution in [2.24, 2.45) is 11.5 Å². The number of carbonyl (C=O) groups excluding carboxylic acids is 5. The molecule has 10 aromatic rings. The molecule has 0 aromatic heterocycles. The molecule has 0 spiro atoms. The zero-order chi connectivity index (χ0) is 69.0. The smallest absolute Gasteiger partial charge is 0.549 e. The Morgan fingerprint density at radius 3 is 0.371 bits per heavy atom. The molecule has 10 rings (SSSR count). The first-order chi connectivity index (χ1) is 45.0. The van der Waals surface area contributed by atoms with Gasteiger partial charge in [0.2, 0.25) is 0 Å². The monoisotopic (exact) mass is 1420 g/mol. The van der Waals surface area contributed by atoms with Crippen molar-refractivity contribution in [3.63, 3.8) is 0 Å². The van der Waals surface area contributed by atoms with Gasteiger partial charge in [0, 0.05) is 68.7 Å². The number of carbonyl (C=O) groups is 5. The largest absolute Gasteiger partial charge is 2.00 e. The van der Waals surface area contributed by atoms with Crippen molar-refractivity contribution in [1.29, 1.82) is 0 Å². The third-order valence-electron chi connectivity index (χ3n) is 13.8. The van der Waals surface area contributed by atoms with Crippen LogP contribution in [0.4, 0.5) is 0 Å². The fourth-order valence-corrected chi connectivity index (χ4v) is 9.42. The molecule has 22 nitrogen and oxygen atoms in total. The van der Waals surface area contributed by atoms with E-state index in [9.17, 15) is 101 Å². The number of benzene rings is 10. The summed E-state index contributed by atoms with van der Waals surface area (Å²) < 4.78 is 0. The molecule has 0 fully saturated rings. The number of carboxylic acid groups (broad SMARTS) is 5. The average Bonchev–Trinajstić information content (AvgIpc) is 0.880. The molecule has 97 heavy (non-hydrogen) atoms. The topological polar surface area (TPSA) is 455 Å². The molecule has 2 radical (unpaired) electrons. The fourth-order valence-electron chi connectivity index (χ4n) is 9.42. The molecule has 0 heterocycles. The minimum absolute atomic E-state index is 0. The van der Waals surface area contributed by atoms with Crippen LogP contribution in [-0.2, 0) is 58.1 Å². The van der Waals surface area contributed by atoms with Gasteiger partial charge in [-0.25, -0.2) is 0 Å². The molecule has 0 saturated heterocycles. The molecule has 14 N–H and O–H groups in total. The number of nitrogens with two attached hydrogens (primary N) is 2. The van der Waals surface area contributed by atoms with Crippen LogP contribution in [0.2, 0.25) is 0 Å². The molecule has 0 amide bonds. The fraction of sp³-hybridized carbons (Fsp3) is 0.0972. The summed E-state index contributed by atoms with van der Waals surface area (Å²) in [7, 11) is 0. The van der Waals surface area contributed by atoms with Crippen LogP contribution in [-0.4, -0.2) is 94.0 Å². The predicted molar refractivity (Wildman–Crippen MR) is 333 cm³/mol. The molecule has 0 bridgehead atoms. The van der Waals surface area contributed by atoms with E-state index in [2.05, 4.69) is 0 Å². The Morgan fingerprint density at radius 1 is 0.227 bits per heavy atom. The van der Waals surface area contributed by atoms with Gasteiger partial charge in [0.25, 0.3) is 0 Å². The first-order valence-corrected chi connectivity index (χ1v) is 28.2. The summed E-state index contributed by atoms with van der Waals surface area (Å²) in [6.07, 6.45) is 0. The van der Waals surface area contributed by atoms with Gasteiger partial charge in [-0.3, -0.25) is 0 Å². The van der Waals surface area contributed by atoms with Gasteiger partial charge in [-0.15, -0.1) is 0 Å². The molecule has 0 aliphatic carbocycles. The van der Waals surface area contributed by atoms with Crippen LogP contribution in [0.15, 0.2) is 243 Å². The Bertz CT molecular complexity index is 3340.